The van der Waals surface area contributed by atoms with Crippen LogP contribution in [0.4, 0.5) is 5.82 Å². The molecule has 0 atom stereocenters. The number of piperidine rings is 1. The number of amides is 1. The first kappa shape index (κ1) is 16.5. The second-order valence-corrected chi connectivity index (χ2v) is 6.67. The van der Waals surface area contributed by atoms with E-state index in [0.717, 1.165) is 48.1 Å². The van der Waals surface area contributed by atoms with E-state index in [1.165, 1.54) is 0 Å². The van der Waals surface area contributed by atoms with Crippen LogP contribution in [0, 0.1) is 0 Å². The molecule has 0 aliphatic carbocycles. The maximum atomic E-state index is 12.7. The third-order valence-electron chi connectivity index (χ3n) is 4.85. The number of anilines is 1. The molecule has 0 bridgehead atoms. The summed E-state index contributed by atoms with van der Waals surface area (Å²) in [6, 6.07) is 9.58. The summed E-state index contributed by atoms with van der Waals surface area (Å²) in [7, 11) is 1.89. The SMILES string of the molecule is Cn1nc(-c2ccc(N)nc2)c2cc(C(=O)NC3CCNCC3)ccc21. The Balaban J connectivity index is 1.68. The lowest BCUT2D eigenvalue weighted by molar-refractivity contribution is 0.0929. The van der Waals surface area contributed by atoms with Crippen molar-refractivity contribution in [1.82, 2.24) is 25.4 Å². The Labute approximate surface area is 151 Å². The van der Waals surface area contributed by atoms with E-state index in [1.807, 2.05) is 36.0 Å². The Morgan fingerprint density at radius 1 is 1.27 bits per heavy atom. The molecule has 3 aromatic rings. The minimum Gasteiger partial charge on any atom is -0.384 e. The van der Waals surface area contributed by atoms with E-state index in [-0.39, 0.29) is 11.9 Å². The van der Waals surface area contributed by atoms with Crippen LogP contribution in [0.2, 0.25) is 0 Å². The van der Waals surface area contributed by atoms with Gasteiger partial charge in [-0.1, -0.05) is 0 Å². The number of carbonyl (C=O) groups is 1. The average molecular weight is 350 g/mol. The minimum absolute atomic E-state index is 0.0379. The number of aromatic nitrogens is 3. The topological polar surface area (TPSA) is 97.9 Å². The molecule has 7 heteroatoms. The van der Waals surface area contributed by atoms with Crippen LogP contribution in [0.3, 0.4) is 0 Å². The normalized spacial score (nSPS) is 15.3. The summed E-state index contributed by atoms with van der Waals surface area (Å²) in [6.07, 6.45) is 3.63. The monoisotopic (exact) mass is 350 g/mol. The first-order chi connectivity index (χ1) is 12.6. The highest BCUT2D eigenvalue weighted by Gasteiger charge is 2.18. The Kier molecular flexibility index (Phi) is 4.30. The van der Waals surface area contributed by atoms with Crippen LogP contribution in [0.25, 0.3) is 22.2 Å². The maximum absolute atomic E-state index is 12.7. The number of benzene rings is 1. The molecular weight excluding hydrogens is 328 g/mol. The van der Waals surface area contributed by atoms with Crippen LogP contribution < -0.4 is 16.4 Å². The Morgan fingerprint density at radius 2 is 2.08 bits per heavy atom. The third kappa shape index (κ3) is 3.13. The highest BCUT2D eigenvalue weighted by atomic mass is 16.1. The van der Waals surface area contributed by atoms with Crippen molar-refractivity contribution < 1.29 is 4.79 Å². The molecule has 134 valence electrons. The fourth-order valence-electron chi connectivity index (χ4n) is 3.40. The molecule has 1 amide bonds. The predicted octanol–water partition coefficient (Wildman–Crippen LogP) is 1.70. The first-order valence-corrected chi connectivity index (χ1v) is 8.82. The lowest BCUT2D eigenvalue weighted by Gasteiger charge is -2.23. The number of carbonyl (C=O) groups excluding carboxylic acids is 1. The summed E-state index contributed by atoms with van der Waals surface area (Å²) in [5.41, 5.74) is 8.97. The van der Waals surface area contributed by atoms with Crippen LogP contribution in [0.5, 0.6) is 0 Å². The van der Waals surface area contributed by atoms with Gasteiger partial charge in [-0.3, -0.25) is 9.48 Å². The van der Waals surface area contributed by atoms with E-state index < -0.39 is 0 Å². The van der Waals surface area contributed by atoms with Gasteiger partial charge in [0.2, 0.25) is 0 Å². The van der Waals surface area contributed by atoms with Crippen molar-refractivity contribution in [2.75, 3.05) is 18.8 Å². The number of hydrogen-bond acceptors (Lipinski definition) is 5. The van der Waals surface area contributed by atoms with Crippen molar-refractivity contribution >= 4 is 22.6 Å². The van der Waals surface area contributed by atoms with Gasteiger partial charge in [-0.05, 0) is 56.3 Å². The van der Waals surface area contributed by atoms with E-state index in [1.54, 1.807) is 12.3 Å². The smallest absolute Gasteiger partial charge is 0.251 e. The van der Waals surface area contributed by atoms with Crippen LogP contribution in [-0.4, -0.2) is 39.8 Å². The van der Waals surface area contributed by atoms with Gasteiger partial charge in [-0.15, -0.1) is 0 Å². The summed E-state index contributed by atoms with van der Waals surface area (Å²) >= 11 is 0. The predicted molar refractivity (Wildman–Crippen MR) is 102 cm³/mol. The molecule has 1 saturated heterocycles. The van der Waals surface area contributed by atoms with Crippen molar-refractivity contribution in [2.24, 2.45) is 7.05 Å². The lowest BCUT2D eigenvalue weighted by atomic mass is 10.0. The number of nitrogens with one attached hydrogen (secondary N) is 2. The number of nitrogens with zero attached hydrogens (tertiary/aromatic N) is 3. The van der Waals surface area contributed by atoms with E-state index in [9.17, 15) is 4.79 Å². The fourth-order valence-corrected chi connectivity index (χ4v) is 3.40. The largest absolute Gasteiger partial charge is 0.384 e. The molecule has 1 fully saturated rings. The van der Waals surface area contributed by atoms with Crippen molar-refractivity contribution in [3.63, 3.8) is 0 Å². The highest BCUT2D eigenvalue weighted by Crippen LogP contribution is 2.28. The van der Waals surface area contributed by atoms with E-state index in [0.29, 0.717) is 11.4 Å². The molecule has 4 rings (SSSR count). The summed E-state index contributed by atoms with van der Waals surface area (Å²) in [6.45, 7) is 1.89. The minimum atomic E-state index is -0.0379. The molecule has 4 N–H and O–H groups in total. The van der Waals surface area contributed by atoms with Crippen molar-refractivity contribution in [3.8, 4) is 11.3 Å². The van der Waals surface area contributed by atoms with Gasteiger partial charge in [0.05, 0.1) is 5.52 Å². The molecule has 1 aliphatic heterocycles. The van der Waals surface area contributed by atoms with Crippen LogP contribution in [0.1, 0.15) is 23.2 Å². The quantitative estimate of drug-likeness (QED) is 0.668. The second-order valence-electron chi connectivity index (χ2n) is 6.67. The number of aryl methyl sites for hydroxylation is 1. The van der Waals surface area contributed by atoms with Gasteiger partial charge in [-0.25, -0.2) is 4.98 Å². The summed E-state index contributed by atoms with van der Waals surface area (Å²) in [5.74, 6) is 0.431. The van der Waals surface area contributed by atoms with Gasteiger partial charge >= 0.3 is 0 Å². The molecule has 0 radical (unpaired) electrons. The number of fused-ring (bicyclic) bond motifs is 1. The molecular formula is C19H22N6O. The van der Waals surface area contributed by atoms with Crippen molar-refractivity contribution in [2.45, 2.75) is 18.9 Å². The van der Waals surface area contributed by atoms with Gasteiger partial charge in [0.25, 0.3) is 5.91 Å². The molecule has 7 nitrogen and oxygen atoms in total. The Bertz CT molecular complexity index is 941. The molecule has 2 aromatic heterocycles. The van der Waals surface area contributed by atoms with Gasteiger partial charge in [-0.2, -0.15) is 5.10 Å². The van der Waals surface area contributed by atoms with Gasteiger partial charge < -0.3 is 16.4 Å². The number of nitrogens with two attached hydrogens (primary N) is 1. The van der Waals surface area contributed by atoms with Crippen molar-refractivity contribution in [3.05, 3.63) is 42.1 Å². The summed E-state index contributed by atoms with van der Waals surface area (Å²) in [5, 5.41) is 12.0. The number of rotatable bonds is 3. The Hall–Kier alpha value is -2.93. The second kappa shape index (κ2) is 6.76. The molecule has 1 aliphatic rings. The molecule has 26 heavy (non-hydrogen) atoms. The summed E-state index contributed by atoms with van der Waals surface area (Å²) < 4.78 is 1.81. The number of pyridine rings is 1. The molecule has 3 heterocycles. The van der Waals surface area contributed by atoms with Crippen LogP contribution >= 0.6 is 0 Å². The first-order valence-electron chi connectivity index (χ1n) is 8.82. The molecule has 0 saturated carbocycles. The fraction of sp³-hybridized carbons (Fsp3) is 0.316. The van der Waals surface area contributed by atoms with E-state index in [2.05, 4.69) is 20.7 Å². The lowest BCUT2D eigenvalue weighted by Crippen LogP contribution is -2.42. The number of nitrogen functional groups attached to an aromatic ring is 1. The van der Waals surface area contributed by atoms with Crippen LogP contribution in [0.15, 0.2) is 36.5 Å². The number of hydrogen-bond donors (Lipinski definition) is 3. The zero-order valence-corrected chi connectivity index (χ0v) is 14.7. The van der Waals surface area contributed by atoms with E-state index >= 15 is 0 Å². The molecule has 0 spiro atoms. The zero-order chi connectivity index (χ0) is 18.1. The molecule has 1 aromatic carbocycles. The third-order valence-corrected chi connectivity index (χ3v) is 4.85. The standard InChI is InChI=1S/C19H22N6O/c1-25-16-4-2-12(19(26)23-14-6-8-21-9-7-14)10-15(16)18(24-25)13-3-5-17(20)22-11-13/h2-5,10-11,14,21H,6-9H2,1H3,(H2,20,22)(H,23,26). The average Bonchev–Trinajstić information content (AvgIpc) is 2.99. The van der Waals surface area contributed by atoms with Gasteiger partial charge in [0.1, 0.15) is 11.5 Å². The van der Waals surface area contributed by atoms with Crippen LogP contribution in [-0.2, 0) is 7.05 Å². The molecule has 0 unspecified atom stereocenters. The Morgan fingerprint density at radius 3 is 2.81 bits per heavy atom. The van der Waals surface area contributed by atoms with E-state index in [4.69, 9.17) is 5.73 Å². The van der Waals surface area contributed by atoms with Crippen molar-refractivity contribution in [1.29, 1.82) is 0 Å². The van der Waals surface area contributed by atoms with Gasteiger partial charge in [0.15, 0.2) is 0 Å². The highest BCUT2D eigenvalue weighted by molar-refractivity contribution is 6.01. The summed E-state index contributed by atoms with van der Waals surface area (Å²) in [4.78, 5) is 16.8. The maximum Gasteiger partial charge on any atom is 0.251 e. The van der Waals surface area contributed by atoms with Gasteiger partial charge in [0, 0.05) is 35.8 Å². The zero-order valence-electron chi connectivity index (χ0n) is 14.7.